The van der Waals surface area contributed by atoms with Crippen LogP contribution in [0.3, 0.4) is 0 Å². The van der Waals surface area contributed by atoms with Crippen molar-refractivity contribution in [3.63, 3.8) is 0 Å². The number of hydrogen-bond donors (Lipinski definition) is 0. The molecule has 0 bridgehead atoms. The third-order valence-corrected chi connectivity index (χ3v) is 1.87. The number of hydrogen-bond acceptors (Lipinski definition) is 1. The molecule has 0 N–H and O–H groups in total. The molecule has 14 heavy (non-hydrogen) atoms. The first-order valence-corrected chi connectivity index (χ1v) is 4.83. The summed E-state index contributed by atoms with van der Waals surface area (Å²) in [7, 11) is 1.91. The predicted molar refractivity (Wildman–Crippen MR) is 61.2 cm³/mol. The van der Waals surface area contributed by atoms with Crippen LogP contribution in [0.1, 0.15) is 13.8 Å². The molecule has 2 heteroatoms. The smallest absolute Gasteiger partial charge is 0.102 e. The van der Waals surface area contributed by atoms with Crippen molar-refractivity contribution in [2.75, 3.05) is 26.8 Å². The third kappa shape index (κ3) is 6.61. The zero-order valence-corrected chi connectivity index (χ0v) is 9.39. The molecule has 0 aliphatic rings. The highest BCUT2D eigenvalue weighted by Gasteiger charge is 1.98. The van der Waals surface area contributed by atoms with E-state index in [9.17, 15) is 4.39 Å². The Morgan fingerprint density at radius 1 is 1.43 bits per heavy atom. The molecule has 0 saturated carbocycles. The SMILES string of the molecule is C=C(C)/C=C\C(=C/C)CN(C)CCF. The Morgan fingerprint density at radius 3 is 2.50 bits per heavy atom. The summed E-state index contributed by atoms with van der Waals surface area (Å²) in [5.74, 6) is 0. The van der Waals surface area contributed by atoms with Gasteiger partial charge in [-0.3, -0.25) is 4.90 Å². The quantitative estimate of drug-likeness (QED) is 0.592. The summed E-state index contributed by atoms with van der Waals surface area (Å²) in [5, 5.41) is 0. The van der Waals surface area contributed by atoms with E-state index in [4.69, 9.17) is 0 Å². The molecule has 0 radical (unpaired) electrons. The second-order valence-electron chi connectivity index (χ2n) is 3.47. The summed E-state index contributed by atoms with van der Waals surface area (Å²) < 4.78 is 12.0. The fourth-order valence-corrected chi connectivity index (χ4v) is 1.02. The van der Waals surface area contributed by atoms with Crippen LogP contribution in [0.25, 0.3) is 0 Å². The fraction of sp³-hybridized carbons (Fsp3) is 0.500. The van der Waals surface area contributed by atoms with E-state index >= 15 is 0 Å². The van der Waals surface area contributed by atoms with Crippen molar-refractivity contribution in [1.29, 1.82) is 0 Å². The predicted octanol–water partition coefficient (Wildman–Crippen LogP) is 2.97. The van der Waals surface area contributed by atoms with Crippen LogP contribution in [-0.2, 0) is 0 Å². The molecular weight excluding hydrogens is 177 g/mol. The van der Waals surface area contributed by atoms with Gasteiger partial charge in [0.05, 0.1) is 0 Å². The lowest BCUT2D eigenvalue weighted by Gasteiger charge is -2.14. The number of nitrogens with zero attached hydrogens (tertiary/aromatic N) is 1. The number of rotatable bonds is 6. The van der Waals surface area contributed by atoms with Crippen LogP contribution in [0.15, 0.2) is 36.0 Å². The number of alkyl halides is 1. The molecule has 0 unspecified atom stereocenters. The zero-order valence-electron chi connectivity index (χ0n) is 9.39. The maximum atomic E-state index is 12.0. The lowest BCUT2D eigenvalue weighted by molar-refractivity contribution is 0.316. The topological polar surface area (TPSA) is 3.24 Å². The second-order valence-corrected chi connectivity index (χ2v) is 3.47. The van der Waals surface area contributed by atoms with Crippen molar-refractivity contribution in [2.24, 2.45) is 0 Å². The van der Waals surface area contributed by atoms with Gasteiger partial charge in [0, 0.05) is 13.1 Å². The second kappa shape index (κ2) is 7.51. The Hall–Kier alpha value is -0.890. The molecule has 0 aliphatic carbocycles. The highest BCUT2D eigenvalue weighted by atomic mass is 19.1. The maximum Gasteiger partial charge on any atom is 0.102 e. The van der Waals surface area contributed by atoms with Gasteiger partial charge in [-0.1, -0.05) is 30.4 Å². The minimum Gasteiger partial charge on any atom is -0.300 e. The molecule has 0 aliphatic heterocycles. The highest BCUT2D eigenvalue weighted by molar-refractivity contribution is 5.25. The van der Waals surface area contributed by atoms with E-state index in [0.29, 0.717) is 6.54 Å². The standard InChI is InChI=1S/C12H20FN/c1-5-12(7-6-11(2)3)10-14(4)9-8-13/h5-7H,2,8-10H2,1,3-4H3/b7-6-,12-5+. The van der Waals surface area contributed by atoms with E-state index in [2.05, 4.69) is 6.58 Å². The summed E-state index contributed by atoms with van der Waals surface area (Å²) in [6, 6.07) is 0. The van der Waals surface area contributed by atoms with Gasteiger partial charge in [0.25, 0.3) is 0 Å². The normalized spacial score (nSPS) is 12.8. The molecule has 0 saturated heterocycles. The monoisotopic (exact) mass is 197 g/mol. The molecule has 0 aromatic heterocycles. The minimum absolute atomic E-state index is 0.294. The number of likely N-dealkylation sites (N-methyl/N-ethyl adjacent to an activating group) is 1. The van der Waals surface area contributed by atoms with E-state index in [1.165, 1.54) is 5.57 Å². The van der Waals surface area contributed by atoms with Gasteiger partial charge in [-0.25, -0.2) is 4.39 Å². The highest BCUT2D eigenvalue weighted by Crippen LogP contribution is 2.02. The van der Waals surface area contributed by atoms with Gasteiger partial charge in [0.15, 0.2) is 0 Å². The molecule has 0 heterocycles. The first kappa shape index (κ1) is 13.1. The van der Waals surface area contributed by atoms with Gasteiger partial charge in [0.2, 0.25) is 0 Å². The van der Waals surface area contributed by atoms with Crippen LogP contribution >= 0.6 is 0 Å². The molecule has 0 rings (SSSR count). The average Bonchev–Trinajstić information content (AvgIpc) is 2.12. The van der Waals surface area contributed by atoms with Gasteiger partial charge in [0.1, 0.15) is 6.67 Å². The van der Waals surface area contributed by atoms with Gasteiger partial charge < -0.3 is 0 Å². The summed E-state index contributed by atoms with van der Waals surface area (Å²) in [5.41, 5.74) is 2.21. The molecule has 0 atom stereocenters. The zero-order chi connectivity index (χ0) is 11.0. The molecular formula is C12H20FN. The molecule has 1 nitrogen and oxygen atoms in total. The number of halogens is 1. The lowest BCUT2D eigenvalue weighted by atomic mass is 10.2. The maximum absolute atomic E-state index is 12.0. The van der Waals surface area contributed by atoms with Gasteiger partial charge >= 0.3 is 0 Å². The Balaban J connectivity index is 4.11. The van der Waals surface area contributed by atoms with E-state index in [-0.39, 0.29) is 6.67 Å². The van der Waals surface area contributed by atoms with Crippen LogP contribution < -0.4 is 0 Å². The van der Waals surface area contributed by atoms with Crippen LogP contribution in [0.2, 0.25) is 0 Å². The fourth-order valence-electron chi connectivity index (χ4n) is 1.02. The molecule has 80 valence electrons. The number of allylic oxidation sites excluding steroid dienone is 3. The van der Waals surface area contributed by atoms with Crippen molar-refractivity contribution in [2.45, 2.75) is 13.8 Å². The van der Waals surface area contributed by atoms with Crippen molar-refractivity contribution in [3.05, 3.63) is 36.0 Å². The minimum atomic E-state index is -0.294. The van der Waals surface area contributed by atoms with Crippen LogP contribution in [0.4, 0.5) is 4.39 Å². The Bertz CT molecular complexity index is 228. The summed E-state index contributed by atoms with van der Waals surface area (Å²) in [6.07, 6.45) is 6.03. The van der Waals surface area contributed by atoms with E-state index in [1.807, 2.05) is 44.0 Å². The first-order chi connectivity index (χ1) is 6.60. The molecule has 0 amide bonds. The van der Waals surface area contributed by atoms with Crippen LogP contribution in [0, 0.1) is 0 Å². The van der Waals surface area contributed by atoms with Gasteiger partial charge in [-0.05, 0) is 26.5 Å². The molecule has 0 aromatic carbocycles. The average molecular weight is 197 g/mol. The van der Waals surface area contributed by atoms with Crippen molar-refractivity contribution in [1.82, 2.24) is 4.90 Å². The third-order valence-electron chi connectivity index (χ3n) is 1.87. The van der Waals surface area contributed by atoms with Gasteiger partial charge in [-0.15, -0.1) is 0 Å². The summed E-state index contributed by atoms with van der Waals surface area (Å²) in [6.45, 7) is 8.70. The van der Waals surface area contributed by atoms with Crippen LogP contribution in [0.5, 0.6) is 0 Å². The van der Waals surface area contributed by atoms with Crippen molar-refractivity contribution in [3.8, 4) is 0 Å². The molecule has 0 spiro atoms. The Kier molecular flexibility index (Phi) is 7.03. The Labute approximate surface area is 86.6 Å². The van der Waals surface area contributed by atoms with E-state index in [0.717, 1.165) is 12.1 Å². The molecule has 0 aromatic rings. The lowest BCUT2D eigenvalue weighted by Crippen LogP contribution is -2.22. The van der Waals surface area contributed by atoms with Crippen molar-refractivity contribution < 1.29 is 4.39 Å². The largest absolute Gasteiger partial charge is 0.300 e. The summed E-state index contributed by atoms with van der Waals surface area (Å²) >= 11 is 0. The molecule has 0 fully saturated rings. The summed E-state index contributed by atoms with van der Waals surface area (Å²) in [4.78, 5) is 1.96. The Morgan fingerprint density at radius 2 is 2.07 bits per heavy atom. The first-order valence-electron chi connectivity index (χ1n) is 4.83. The van der Waals surface area contributed by atoms with Crippen molar-refractivity contribution >= 4 is 0 Å². The van der Waals surface area contributed by atoms with Gasteiger partial charge in [-0.2, -0.15) is 0 Å². The van der Waals surface area contributed by atoms with Crippen LogP contribution in [-0.4, -0.2) is 31.7 Å². The van der Waals surface area contributed by atoms with E-state index in [1.54, 1.807) is 0 Å². The van der Waals surface area contributed by atoms with E-state index < -0.39 is 0 Å².